The van der Waals surface area contributed by atoms with E-state index >= 15 is 0 Å². The van der Waals surface area contributed by atoms with Crippen molar-refractivity contribution in [3.05, 3.63) is 17.8 Å². The molecule has 0 bridgehead atoms. The third kappa shape index (κ3) is 1.46. The first kappa shape index (κ1) is 9.94. The standard InChI is InChI=1S/C13H19N3/c1-9-6-11-13(15-7-9)16-5-3-4-10(2)12(16)8-14-11/h6-7,10,12,14H,3-5,8H2,1-2H3. The number of aryl methyl sites for hydroxylation is 1. The maximum absolute atomic E-state index is 4.60. The summed E-state index contributed by atoms with van der Waals surface area (Å²) >= 11 is 0. The minimum Gasteiger partial charge on any atom is -0.380 e. The maximum Gasteiger partial charge on any atom is 0.152 e. The molecule has 16 heavy (non-hydrogen) atoms. The van der Waals surface area contributed by atoms with Crippen LogP contribution in [-0.2, 0) is 0 Å². The zero-order valence-corrected chi connectivity index (χ0v) is 10.0. The number of anilines is 2. The Morgan fingerprint density at radius 1 is 1.50 bits per heavy atom. The Morgan fingerprint density at radius 2 is 2.38 bits per heavy atom. The molecule has 3 rings (SSSR count). The van der Waals surface area contributed by atoms with Crippen molar-refractivity contribution in [1.29, 1.82) is 0 Å². The van der Waals surface area contributed by atoms with E-state index in [4.69, 9.17) is 0 Å². The van der Waals surface area contributed by atoms with Gasteiger partial charge in [-0.25, -0.2) is 4.98 Å². The second-order valence-corrected chi connectivity index (χ2v) is 5.14. The number of rotatable bonds is 0. The van der Waals surface area contributed by atoms with Crippen LogP contribution in [0.1, 0.15) is 25.3 Å². The predicted molar refractivity (Wildman–Crippen MR) is 67.0 cm³/mol. The molecular weight excluding hydrogens is 198 g/mol. The van der Waals surface area contributed by atoms with E-state index < -0.39 is 0 Å². The fourth-order valence-electron chi connectivity index (χ4n) is 2.96. The summed E-state index contributed by atoms with van der Waals surface area (Å²) in [6, 6.07) is 2.84. The van der Waals surface area contributed by atoms with Crippen molar-refractivity contribution in [1.82, 2.24) is 4.98 Å². The highest BCUT2D eigenvalue weighted by molar-refractivity contribution is 5.69. The summed E-state index contributed by atoms with van der Waals surface area (Å²) < 4.78 is 0. The molecule has 2 unspecified atom stereocenters. The lowest BCUT2D eigenvalue weighted by atomic mass is 9.89. The van der Waals surface area contributed by atoms with Crippen LogP contribution in [0.4, 0.5) is 11.5 Å². The van der Waals surface area contributed by atoms with Crippen LogP contribution < -0.4 is 10.2 Å². The summed E-state index contributed by atoms with van der Waals surface area (Å²) in [5.41, 5.74) is 2.44. The first-order valence-corrected chi connectivity index (χ1v) is 6.23. The van der Waals surface area contributed by atoms with E-state index in [1.807, 2.05) is 6.20 Å². The largest absolute Gasteiger partial charge is 0.380 e. The molecule has 0 saturated carbocycles. The van der Waals surface area contributed by atoms with Crippen molar-refractivity contribution in [3.8, 4) is 0 Å². The zero-order valence-electron chi connectivity index (χ0n) is 10.0. The monoisotopic (exact) mass is 217 g/mol. The van der Waals surface area contributed by atoms with Gasteiger partial charge in [0.25, 0.3) is 0 Å². The third-order valence-corrected chi connectivity index (χ3v) is 3.89. The molecule has 1 aromatic rings. The van der Waals surface area contributed by atoms with Crippen LogP contribution in [0.5, 0.6) is 0 Å². The van der Waals surface area contributed by atoms with Crippen LogP contribution >= 0.6 is 0 Å². The van der Waals surface area contributed by atoms with Gasteiger partial charge < -0.3 is 10.2 Å². The molecule has 2 atom stereocenters. The van der Waals surface area contributed by atoms with E-state index in [1.165, 1.54) is 30.6 Å². The molecule has 0 aromatic carbocycles. The Hall–Kier alpha value is -1.25. The van der Waals surface area contributed by atoms with Gasteiger partial charge in [-0.3, -0.25) is 0 Å². The Morgan fingerprint density at radius 3 is 3.25 bits per heavy atom. The van der Waals surface area contributed by atoms with Gasteiger partial charge in [-0.15, -0.1) is 0 Å². The van der Waals surface area contributed by atoms with Crippen LogP contribution in [0.25, 0.3) is 0 Å². The summed E-state index contributed by atoms with van der Waals surface area (Å²) in [4.78, 5) is 7.10. The number of hydrogen-bond acceptors (Lipinski definition) is 3. The summed E-state index contributed by atoms with van der Waals surface area (Å²) in [7, 11) is 0. The highest BCUT2D eigenvalue weighted by atomic mass is 15.3. The van der Waals surface area contributed by atoms with Crippen molar-refractivity contribution < 1.29 is 0 Å². The quantitative estimate of drug-likeness (QED) is 0.723. The molecule has 0 radical (unpaired) electrons. The molecule has 1 fully saturated rings. The normalized spacial score (nSPS) is 28.0. The number of piperidine rings is 1. The summed E-state index contributed by atoms with van der Waals surface area (Å²) in [5, 5.41) is 3.53. The van der Waals surface area contributed by atoms with Gasteiger partial charge in [0.2, 0.25) is 0 Å². The van der Waals surface area contributed by atoms with Crippen LogP contribution in [-0.4, -0.2) is 24.1 Å². The van der Waals surface area contributed by atoms with E-state index in [0.29, 0.717) is 6.04 Å². The van der Waals surface area contributed by atoms with Crippen LogP contribution in [0, 0.1) is 12.8 Å². The molecule has 86 valence electrons. The Balaban J connectivity index is 1.99. The van der Waals surface area contributed by atoms with Crippen molar-refractivity contribution in [2.75, 3.05) is 23.3 Å². The van der Waals surface area contributed by atoms with Crippen LogP contribution in [0.15, 0.2) is 12.3 Å². The average Bonchev–Trinajstić information content (AvgIpc) is 2.28. The third-order valence-electron chi connectivity index (χ3n) is 3.89. The first-order chi connectivity index (χ1) is 7.75. The minimum atomic E-state index is 0.636. The number of hydrogen-bond donors (Lipinski definition) is 1. The molecule has 3 heterocycles. The lowest BCUT2D eigenvalue weighted by Gasteiger charge is -2.44. The van der Waals surface area contributed by atoms with Crippen LogP contribution in [0.2, 0.25) is 0 Å². The molecule has 0 aliphatic carbocycles. The maximum atomic E-state index is 4.60. The van der Waals surface area contributed by atoms with Gasteiger partial charge in [-0.2, -0.15) is 0 Å². The molecule has 2 aliphatic rings. The number of pyridine rings is 1. The fraction of sp³-hybridized carbons (Fsp3) is 0.615. The van der Waals surface area contributed by atoms with E-state index in [0.717, 1.165) is 18.3 Å². The van der Waals surface area contributed by atoms with Gasteiger partial charge in [0.05, 0.1) is 11.7 Å². The number of fused-ring (bicyclic) bond motifs is 3. The van der Waals surface area contributed by atoms with Gasteiger partial charge in [-0.1, -0.05) is 6.92 Å². The summed E-state index contributed by atoms with van der Waals surface area (Å²) in [6.07, 6.45) is 4.62. The average molecular weight is 217 g/mol. The minimum absolute atomic E-state index is 0.636. The Labute approximate surface area is 96.9 Å². The molecule has 0 spiro atoms. The second kappa shape index (κ2) is 3.65. The van der Waals surface area contributed by atoms with Crippen molar-refractivity contribution in [2.24, 2.45) is 5.92 Å². The van der Waals surface area contributed by atoms with E-state index in [2.05, 4.69) is 35.1 Å². The fourth-order valence-corrected chi connectivity index (χ4v) is 2.96. The predicted octanol–water partition coefficient (Wildman–Crippen LogP) is 2.42. The van der Waals surface area contributed by atoms with E-state index in [1.54, 1.807) is 0 Å². The first-order valence-electron chi connectivity index (χ1n) is 6.23. The molecular formula is C13H19N3. The van der Waals surface area contributed by atoms with Gasteiger partial charge >= 0.3 is 0 Å². The summed E-state index contributed by atoms with van der Waals surface area (Å²) in [5.74, 6) is 1.94. The topological polar surface area (TPSA) is 28.2 Å². The van der Waals surface area contributed by atoms with Crippen molar-refractivity contribution >= 4 is 11.5 Å². The molecule has 2 aliphatic heterocycles. The van der Waals surface area contributed by atoms with Gasteiger partial charge in [-0.05, 0) is 37.3 Å². The Kier molecular flexibility index (Phi) is 2.27. The number of aromatic nitrogens is 1. The smallest absolute Gasteiger partial charge is 0.152 e. The highest BCUT2D eigenvalue weighted by Gasteiger charge is 2.33. The number of nitrogens with one attached hydrogen (secondary N) is 1. The van der Waals surface area contributed by atoms with Crippen molar-refractivity contribution in [2.45, 2.75) is 32.7 Å². The van der Waals surface area contributed by atoms with E-state index in [-0.39, 0.29) is 0 Å². The molecule has 1 saturated heterocycles. The molecule has 1 aromatic heterocycles. The van der Waals surface area contributed by atoms with E-state index in [9.17, 15) is 0 Å². The highest BCUT2D eigenvalue weighted by Crippen LogP contribution is 2.35. The molecule has 3 heteroatoms. The lowest BCUT2D eigenvalue weighted by molar-refractivity contribution is 0.348. The van der Waals surface area contributed by atoms with Crippen molar-refractivity contribution in [3.63, 3.8) is 0 Å². The SMILES string of the molecule is Cc1cnc2c(c1)NCC1C(C)CCCN21. The number of nitrogens with zero attached hydrogens (tertiary/aromatic N) is 2. The van der Waals surface area contributed by atoms with Gasteiger partial charge in [0.15, 0.2) is 5.82 Å². The van der Waals surface area contributed by atoms with Gasteiger partial charge in [0.1, 0.15) is 0 Å². The lowest BCUT2D eigenvalue weighted by Crippen LogP contribution is -2.51. The molecule has 1 N–H and O–H groups in total. The molecule has 0 amide bonds. The molecule has 3 nitrogen and oxygen atoms in total. The second-order valence-electron chi connectivity index (χ2n) is 5.14. The van der Waals surface area contributed by atoms with Crippen LogP contribution in [0.3, 0.4) is 0 Å². The zero-order chi connectivity index (χ0) is 11.1. The summed E-state index contributed by atoms with van der Waals surface area (Å²) in [6.45, 7) is 6.69. The Bertz CT molecular complexity index is 402. The van der Waals surface area contributed by atoms with Gasteiger partial charge in [0, 0.05) is 19.3 Å².